The van der Waals surface area contributed by atoms with E-state index in [2.05, 4.69) is 52.6 Å². The molecule has 0 nitrogen and oxygen atoms in total. The van der Waals surface area contributed by atoms with E-state index in [1.165, 1.54) is 5.30 Å². The lowest BCUT2D eigenvalue weighted by molar-refractivity contribution is 1.77. The molecule has 0 saturated heterocycles. The summed E-state index contributed by atoms with van der Waals surface area (Å²) in [6.07, 6.45) is 0. The molecule has 1 aromatic rings. The van der Waals surface area contributed by atoms with E-state index in [1.54, 1.807) is 0 Å². The highest BCUT2D eigenvalue weighted by molar-refractivity contribution is 8.27. The lowest BCUT2D eigenvalue weighted by atomic mass is 10.4. The molecule has 0 aliphatic heterocycles. The molecule has 0 saturated carbocycles. The van der Waals surface area contributed by atoms with E-state index in [4.69, 9.17) is 0 Å². The zero-order valence-electron chi connectivity index (χ0n) is 6.41. The molecular formula is C8H13P2+. The van der Waals surface area contributed by atoms with Crippen LogP contribution in [0.25, 0.3) is 0 Å². The van der Waals surface area contributed by atoms with Gasteiger partial charge >= 0.3 is 0 Å². The van der Waals surface area contributed by atoms with Crippen molar-refractivity contribution in [3.63, 3.8) is 0 Å². The first-order chi connectivity index (χ1) is 4.61. The quantitative estimate of drug-likeness (QED) is 0.569. The lowest BCUT2D eigenvalue weighted by Crippen LogP contribution is -2.01. The van der Waals surface area contributed by atoms with Crippen molar-refractivity contribution < 1.29 is 0 Å². The second-order valence-electron chi connectivity index (χ2n) is 2.88. The van der Waals surface area contributed by atoms with Gasteiger partial charge in [-0.15, -0.1) is 0 Å². The smallest absolute Gasteiger partial charge is 0.0620 e. The lowest BCUT2D eigenvalue weighted by Gasteiger charge is -2.09. The molecule has 1 unspecified atom stereocenters. The molecule has 2 heteroatoms. The van der Waals surface area contributed by atoms with Crippen LogP contribution < -0.4 is 5.30 Å². The molecule has 54 valence electrons. The number of rotatable bonds is 1. The Morgan fingerprint density at radius 2 is 1.60 bits per heavy atom. The van der Waals surface area contributed by atoms with Crippen LogP contribution in [0.4, 0.5) is 0 Å². The van der Waals surface area contributed by atoms with E-state index in [9.17, 15) is 0 Å². The van der Waals surface area contributed by atoms with Crippen LogP contribution in [-0.2, 0) is 0 Å². The van der Waals surface area contributed by atoms with Crippen molar-refractivity contribution in [3.05, 3.63) is 30.3 Å². The predicted octanol–water partition coefficient (Wildman–Crippen LogP) is 2.38. The minimum atomic E-state index is -0.851. The maximum atomic E-state index is 2.94. The molecule has 10 heavy (non-hydrogen) atoms. The average Bonchev–Trinajstić information content (AvgIpc) is 1.88. The van der Waals surface area contributed by atoms with Crippen LogP contribution in [0, 0.1) is 0 Å². The summed E-state index contributed by atoms with van der Waals surface area (Å²) < 4.78 is 0. The third-order valence-corrected chi connectivity index (χ3v) is 3.95. The first kappa shape index (κ1) is 8.18. The zero-order valence-corrected chi connectivity index (χ0v) is 8.46. The van der Waals surface area contributed by atoms with Crippen molar-refractivity contribution in [2.24, 2.45) is 0 Å². The molecule has 0 heterocycles. The third kappa shape index (κ3) is 2.04. The third-order valence-electron chi connectivity index (χ3n) is 1.42. The minimum Gasteiger partial charge on any atom is -0.0620 e. The van der Waals surface area contributed by atoms with E-state index in [1.807, 2.05) is 0 Å². The molecule has 0 spiro atoms. The van der Waals surface area contributed by atoms with Crippen molar-refractivity contribution in [2.45, 2.75) is 0 Å². The van der Waals surface area contributed by atoms with E-state index < -0.39 is 6.95 Å². The monoisotopic (exact) mass is 171 g/mol. The van der Waals surface area contributed by atoms with Crippen LogP contribution in [0.3, 0.4) is 0 Å². The SMILES string of the molecule is C[P+](C)(P)c1ccccc1. The van der Waals surface area contributed by atoms with Gasteiger partial charge in [-0.2, -0.15) is 0 Å². The number of benzene rings is 1. The van der Waals surface area contributed by atoms with Crippen LogP contribution in [0.15, 0.2) is 30.3 Å². The average molecular weight is 171 g/mol. The first-order valence-corrected chi connectivity index (χ1v) is 7.59. The summed E-state index contributed by atoms with van der Waals surface area (Å²) in [6.45, 7) is 3.75. The van der Waals surface area contributed by atoms with Gasteiger partial charge in [0.2, 0.25) is 0 Å². The molecule has 0 N–H and O–H groups in total. The molecule has 0 radical (unpaired) electrons. The summed E-state index contributed by atoms with van der Waals surface area (Å²) in [7, 11) is 2.94. The van der Waals surface area contributed by atoms with Crippen LogP contribution in [0.5, 0.6) is 0 Å². The van der Waals surface area contributed by atoms with Gasteiger partial charge in [-0.1, -0.05) is 18.2 Å². The van der Waals surface area contributed by atoms with Gasteiger partial charge in [0.1, 0.15) is 0 Å². The van der Waals surface area contributed by atoms with E-state index in [0.717, 1.165) is 0 Å². The van der Waals surface area contributed by atoms with Crippen LogP contribution >= 0.6 is 15.9 Å². The van der Waals surface area contributed by atoms with Gasteiger partial charge in [0, 0.05) is 8.93 Å². The van der Waals surface area contributed by atoms with Gasteiger partial charge in [0.25, 0.3) is 0 Å². The second kappa shape index (κ2) is 2.99. The van der Waals surface area contributed by atoms with Gasteiger partial charge in [0.05, 0.1) is 25.6 Å². The predicted molar refractivity (Wildman–Crippen MR) is 54.6 cm³/mol. The van der Waals surface area contributed by atoms with Gasteiger partial charge < -0.3 is 0 Å². The summed E-state index contributed by atoms with van der Waals surface area (Å²) in [5.74, 6) is 0. The normalized spacial score (nSPS) is 11.5. The topological polar surface area (TPSA) is 0 Å². The van der Waals surface area contributed by atoms with Crippen molar-refractivity contribution >= 4 is 21.2 Å². The second-order valence-corrected chi connectivity index (χ2v) is 10.3. The highest BCUT2D eigenvalue weighted by Crippen LogP contribution is 2.57. The Labute approximate surface area is 65.5 Å². The van der Waals surface area contributed by atoms with Gasteiger partial charge in [-0.25, -0.2) is 0 Å². The van der Waals surface area contributed by atoms with E-state index in [-0.39, 0.29) is 0 Å². The Bertz CT molecular complexity index is 198. The number of hydrogen-bond acceptors (Lipinski definition) is 0. The van der Waals surface area contributed by atoms with Gasteiger partial charge in [-0.05, 0) is 12.1 Å². The van der Waals surface area contributed by atoms with Crippen molar-refractivity contribution in [1.29, 1.82) is 0 Å². The Morgan fingerprint density at radius 3 is 1.90 bits per heavy atom. The highest BCUT2D eigenvalue weighted by Gasteiger charge is 2.19. The Kier molecular flexibility index (Phi) is 2.45. The van der Waals surface area contributed by atoms with Gasteiger partial charge in [0.15, 0.2) is 0 Å². The maximum absolute atomic E-state index is 2.94. The summed E-state index contributed by atoms with van der Waals surface area (Å²) in [4.78, 5) is 0. The molecule has 1 rings (SSSR count). The highest BCUT2D eigenvalue weighted by atomic mass is 32.1. The Morgan fingerprint density at radius 1 is 1.10 bits per heavy atom. The van der Waals surface area contributed by atoms with Crippen LogP contribution in [-0.4, -0.2) is 13.3 Å². The van der Waals surface area contributed by atoms with Gasteiger partial charge in [-0.3, -0.25) is 0 Å². The summed E-state index contributed by atoms with van der Waals surface area (Å²) in [5, 5.41) is 1.47. The standard InChI is InChI=1S/C8H13P2/c1-10(2,9)8-6-4-3-5-7-8/h3-7H,9H2,1-2H3/q+1. The summed E-state index contributed by atoms with van der Waals surface area (Å²) in [6, 6.07) is 10.6. The van der Waals surface area contributed by atoms with Crippen molar-refractivity contribution in [2.75, 3.05) is 13.3 Å². The molecule has 1 atom stereocenters. The molecule has 0 fully saturated rings. The Hall–Kier alpha value is 0.0800. The fourth-order valence-corrected chi connectivity index (χ4v) is 2.27. The van der Waals surface area contributed by atoms with Crippen molar-refractivity contribution in [1.82, 2.24) is 0 Å². The number of hydrogen-bond donors (Lipinski definition) is 0. The molecular weight excluding hydrogens is 158 g/mol. The largest absolute Gasteiger partial charge is 0.0952 e. The summed E-state index contributed by atoms with van der Waals surface area (Å²) >= 11 is 0. The Balaban J connectivity index is 2.97. The minimum absolute atomic E-state index is 0.851. The summed E-state index contributed by atoms with van der Waals surface area (Å²) in [5.41, 5.74) is 0. The zero-order chi connectivity index (χ0) is 7.61. The molecule has 0 aromatic heterocycles. The van der Waals surface area contributed by atoms with Crippen molar-refractivity contribution in [3.8, 4) is 0 Å². The maximum Gasteiger partial charge on any atom is 0.0952 e. The fourth-order valence-electron chi connectivity index (χ4n) is 0.812. The van der Waals surface area contributed by atoms with Crippen LogP contribution in [0.2, 0.25) is 0 Å². The molecule has 0 aliphatic carbocycles. The molecule has 0 aliphatic rings. The molecule has 0 bridgehead atoms. The first-order valence-electron chi connectivity index (χ1n) is 3.29. The van der Waals surface area contributed by atoms with E-state index in [0.29, 0.717) is 0 Å². The molecule has 0 amide bonds. The molecule has 1 aromatic carbocycles. The van der Waals surface area contributed by atoms with E-state index >= 15 is 0 Å². The fraction of sp³-hybridized carbons (Fsp3) is 0.250. The van der Waals surface area contributed by atoms with Crippen LogP contribution in [0.1, 0.15) is 0 Å².